The highest BCUT2D eigenvalue weighted by Gasteiger charge is 1.95. The summed E-state index contributed by atoms with van der Waals surface area (Å²) in [7, 11) is 1.69. The maximum Gasteiger partial charge on any atom is 0.118 e. The lowest BCUT2D eigenvalue weighted by Gasteiger charge is -2.07. The third kappa shape index (κ3) is 4.84. The molecule has 0 fully saturated rings. The molecule has 0 unspecified atom stereocenters. The van der Waals surface area contributed by atoms with Crippen LogP contribution in [0.15, 0.2) is 24.3 Å². The van der Waals surface area contributed by atoms with E-state index in [1.165, 1.54) is 5.56 Å². The van der Waals surface area contributed by atoms with E-state index in [9.17, 15) is 0 Å². The second kappa shape index (κ2) is 6.46. The summed E-state index contributed by atoms with van der Waals surface area (Å²) in [5.41, 5.74) is 1.35. The van der Waals surface area contributed by atoms with Crippen LogP contribution in [0, 0.1) is 5.92 Å². The Kier molecular flexibility index (Phi) is 5.19. The molecule has 2 heteroatoms. The molecule has 0 aliphatic carbocycles. The molecule has 0 atom stereocenters. The van der Waals surface area contributed by atoms with Crippen molar-refractivity contribution in [2.75, 3.05) is 20.2 Å². The summed E-state index contributed by atoms with van der Waals surface area (Å²) >= 11 is 0. The monoisotopic (exact) mass is 207 g/mol. The Hall–Kier alpha value is -1.02. The largest absolute Gasteiger partial charge is 0.497 e. The van der Waals surface area contributed by atoms with Crippen LogP contribution in [0.5, 0.6) is 5.75 Å². The van der Waals surface area contributed by atoms with E-state index in [4.69, 9.17) is 4.74 Å². The van der Waals surface area contributed by atoms with Gasteiger partial charge in [-0.05, 0) is 43.1 Å². The minimum atomic E-state index is 0.723. The number of hydrogen-bond acceptors (Lipinski definition) is 2. The topological polar surface area (TPSA) is 21.3 Å². The molecule has 0 aliphatic heterocycles. The smallest absolute Gasteiger partial charge is 0.118 e. The van der Waals surface area contributed by atoms with Gasteiger partial charge in [0.25, 0.3) is 0 Å². The molecule has 0 aromatic heterocycles. The van der Waals surface area contributed by atoms with Gasteiger partial charge in [0.15, 0.2) is 0 Å². The van der Waals surface area contributed by atoms with E-state index in [1.807, 2.05) is 12.1 Å². The number of hydrogen-bond donors (Lipinski definition) is 1. The number of nitrogens with one attached hydrogen (secondary N) is 1. The van der Waals surface area contributed by atoms with E-state index in [1.54, 1.807) is 7.11 Å². The molecule has 1 aromatic carbocycles. The third-order valence-corrected chi connectivity index (χ3v) is 2.30. The molecule has 0 heterocycles. The van der Waals surface area contributed by atoms with Gasteiger partial charge in [0.05, 0.1) is 7.11 Å². The minimum absolute atomic E-state index is 0.723. The standard InChI is InChI=1S/C13H21NO/c1-11(2)10-14-9-8-12-4-6-13(15-3)7-5-12/h4-7,11,14H,8-10H2,1-3H3. The van der Waals surface area contributed by atoms with Crippen LogP contribution in [-0.2, 0) is 6.42 Å². The van der Waals surface area contributed by atoms with Gasteiger partial charge < -0.3 is 10.1 Å². The van der Waals surface area contributed by atoms with Crippen LogP contribution < -0.4 is 10.1 Å². The number of rotatable bonds is 6. The number of methoxy groups -OCH3 is 1. The van der Waals surface area contributed by atoms with E-state index in [0.29, 0.717) is 0 Å². The Balaban J connectivity index is 2.25. The van der Waals surface area contributed by atoms with Crippen LogP contribution in [0.3, 0.4) is 0 Å². The summed E-state index contributed by atoms with van der Waals surface area (Å²) in [5.74, 6) is 1.65. The van der Waals surface area contributed by atoms with Crippen molar-refractivity contribution in [3.05, 3.63) is 29.8 Å². The van der Waals surface area contributed by atoms with E-state index in [2.05, 4.69) is 31.3 Å². The van der Waals surface area contributed by atoms with Crippen molar-refractivity contribution >= 4 is 0 Å². The first-order valence-corrected chi connectivity index (χ1v) is 5.56. The van der Waals surface area contributed by atoms with Crippen LogP contribution in [0.25, 0.3) is 0 Å². The highest BCUT2D eigenvalue weighted by Crippen LogP contribution is 2.11. The summed E-state index contributed by atoms with van der Waals surface area (Å²) < 4.78 is 5.11. The molecule has 0 bridgehead atoms. The number of benzene rings is 1. The Bertz CT molecular complexity index is 266. The Morgan fingerprint density at radius 1 is 1.20 bits per heavy atom. The van der Waals surface area contributed by atoms with Crippen LogP contribution in [0.2, 0.25) is 0 Å². The molecule has 1 aromatic rings. The average Bonchev–Trinajstić information content (AvgIpc) is 2.25. The molecule has 1 rings (SSSR count). The molecule has 0 saturated heterocycles. The van der Waals surface area contributed by atoms with Crippen molar-refractivity contribution in [1.29, 1.82) is 0 Å². The molecule has 0 spiro atoms. The molecule has 0 amide bonds. The second-order valence-electron chi connectivity index (χ2n) is 4.20. The van der Waals surface area contributed by atoms with Crippen molar-refractivity contribution in [3.8, 4) is 5.75 Å². The molecular formula is C13H21NO. The SMILES string of the molecule is COc1ccc(CCNCC(C)C)cc1. The van der Waals surface area contributed by atoms with Gasteiger partial charge >= 0.3 is 0 Å². The van der Waals surface area contributed by atoms with Gasteiger partial charge in [0.1, 0.15) is 5.75 Å². The maximum atomic E-state index is 5.11. The van der Waals surface area contributed by atoms with E-state index >= 15 is 0 Å². The van der Waals surface area contributed by atoms with Crippen LogP contribution in [-0.4, -0.2) is 20.2 Å². The fraction of sp³-hybridized carbons (Fsp3) is 0.538. The molecule has 0 saturated carbocycles. The summed E-state index contributed by atoms with van der Waals surface area (Å²) in [5, 5.41) is 3.43. The van der Waals surface area contributed by atoms with Crippen LogP contribution >= 0.6 is 0 Å². The van der Waals surface area contributed by atoms with E-state index in [-0.39, 0.29) is 0 Å². The highest BCUT2D eigenvalue weighted by atomic mass is 16.5. The van der Waals surface area contributed by atoms with Gasteiger partial charge in [-0.25, -0.2) is 0 Å². The Labute approximate surface area is 92.6 Å². The fourth-order valence-corrected chi connectivity index (χ4v) is 1.42. The van der Waals surface area contributed by atoms with Crippen molar-refractivity contribution in [3.63, 3.8) is 0 Å². The summed E-state index contributed by atoms with van der Waals surface area (Å²) in [6.07, 6.45) is 1.08. The quantitative estimate of drug-likeness (QED) is 0.724. The van der Waals surface area contributed by atoms with Gasteiger partial charge in [-0.1, -0.05) is 26.0 Å². The summed E-state index contributed by atoms with van der Waals surface area (Å²) in [6.45, 7) is 6.58. The molecule has 0 aliphatic rings. The normalized spacial score (nSPS) is 10.7. The van der Waals surface area contributed by atoms with Gasteiger partial charge in [0.2, 0.25) is 0 Å². The van der Waals surface area contributed by atoms with E-state index in [0.717, 1.165) is 31.2 Å². The third-order valence-electron chi connectivity index (χ3n) is 2.30. The van der Waals surface area contributed by atoms with Crippen molar-refractivity contribution in [1.82, 2.24) is 5.32 Å². The highest BCUT2D eigenvalue weighted by molar-refractivity contribution is 5.27. The predicted octanol–water partition coefficient (Wildman–Crippen LogP) is 2.48. The van der Waals surface area contributed by atoms with Gasteiger partial charge in [-0.2, -0.15) is 0 Å². The molecule has 2 nitrogen and oxygen atoms in total. The Morgan fingerprint density at radius 2 is 1.87 bits per heavy atom. The summed E-state index contributed by atoms with van der Waals surface area (Å²) in [6, 6.07) is 8.27. The van der Waals surface area contributed by atoms with Crippen molar-refractivity contribution in [2.24, 2.45) is 5.92 Å². The van der Waals surface area contributed by atoms with Crippen LogP contribution in [0.1, 0.15) is 19.4 Å². The van der Waals surface area contributed by atoms with Crippen molar-refractivity contribution < 1.29 is 4.74 Å². The zero-order chi connectivity index (χ0) is 11.1. The lowest BCUT2D eigenvalue weighted by Crippen LogP contribution is -2.22. The maximum absolute atomic E-state index is 5.11. The minimum Gasteiger partial charge on any atom is -0.497 e. The zero-order valence-corrected chi connectivity index (χ0v) is 9.92. The van der Waals surface area contributed by atoms with Gasteiger partial charge in [0, 0.05) is 0 Å². The van der Waals surface area contributed by atoms with Gasteiger partial charge in [-0.15, -0.1) is 0 Å². The molecular weight excluding hydrogens is 186 g/mol. The van der Waals surface area contributed by atoms with Crippen molar-refractivity contribution in [2.45, 2.75) is 20.3 Å². The number of ether oxygens (including phenoxy) is 1. The lowest BCUT2D eigenvalue weighted by molar-refractivity contribution is 0.414. The molecule has 84 valence electrons. The zero-order valence-electron chi connectivity index (χ0n) is 9.92. The fourth-order valence-electron chi connectivity index (χ4n) is 1.42. The average molecular weight is 207 g/mol. The lowest BCUT2D eigenvalue weighted by atomic mass is 10.1. The molecule has 15 heavy (non-hydrogen) atoms. The molecule has 0 radical (unpaired) electrons. The van der Waals surface area contributed by atoms with Crippen LogP contribution in [0.4, 0.5) is 0 Å². The second-order valence-corrected chi connectivity index (χ2v) is 4.20. The summed E-state index contributed by atoms with van der Waals surface area (Å²) in [4.78, 5) is 0. The Morgan fingerprint density at radius 3 is 2.40 bits per heavy atom. The first kappa shape index (κ1) is 12.1. The van der Waals surface area contributed by atoms with Gasteiger partial charge in [-0.3, -0.25) is 0 Å². The predicted molar refractivity (Wildman–Crippen MR) is 64.4 cm³/mol. The first-order valence-electron chi connectivity index (χ1n) is 5.56. The molecule has 1 N–H and O–H groups in total. The van der Waals surface area contributed by atoms with E-state index < -0.39 is 0 Å². The first-order chi connectivity index (χ1) is 7.22.